The lowest BCUT2D eigenvalue weighted by atomic mass is 10.0. The molecule has 0 bridgehead atoms. The molecule has 1 aliphatic rings. The Morgan fingerprint density at radius 1 is 1.55 bits per heavy atom. The summed E-state index contributed by atoms with van der Waals surface area (Å²) in [7, 11) is 0. The van der Waals surface area contributed by atoms with Crippen LogP contribution in [0.25, 0.3) is 0 Å². The van der Waals surface area contributed by atoms with Gasteiger partial charge in [-0.2, -0.15) is 0 Å². The average molecular weight is 174 g/mol. The van der Waals surface area contributed by atoms with Gasteiger partial charge in [0.25, 0.3) is 0 Å². The van der Waals surface area contributed by atoms with Gasteiger partial charge in [0.15, 0.2) is 0 Å². The number of piperidine rings is 1. The van der Waals surface area contributed by atoms with Gasteiger partial charge in [-0.3, -0.25) is 0 Å². The van der Waals surface area contributed by atoms with Gasteiger partial charge in [-0.15, -0.1) is 6.58 Å². The van der Waals surface area contributed by atoms with Gasteiger partial charge in [0.1, 0.15) is 0 Å². The minimum Gasteiger partial charge on any atom is -0.217 e. The average Bonchev–Trinajstić information content (AvgIpc) is 2.03. The third-order valence-corrected chi connectivity index (χ3v) is 2.70. The maximum Gasteiger partial charge on any atom is 0.0254 e. The minimum absolute atomic E-state index is 0.600. The van der Waals surface area contributed by atoms with E-state index in [-0.39, 0.29) is 0 Å². The maximum atomic E-state index is 6.02. The van der Waals surface area contributed by atoms with Crippen LogP contribution in [-0.4, -0.2) is 17.0 Å². The monoisotopic (exact) mass is 173 g/mol. The van der Waals surface area contributed by atoms with Crippen LogP contribution in [0.2, 0.25) is 0 Å². The van der Waals surface area contributed by atoms with Gasteiger partial charge < -0.3 is 0 Å². The van der Waals surface area contributed by atoms with Crippen LogP contribution >= 0.6 is 11.8 Å². The first kappa shape index (κ1) is 9.08. The second-order valence-electron chi connectivity index (χ2n) is 3.14. The van der Waals surface area contributed by atoms with E-state index < -0.39 is 0 Å². The molecule has 0 amide bonds. The van der Waals surface area contributed by atoms with E-state index >= 15 is 0 Å². The van der Waals surface area contributed by atoms with Crippen molar-refractivity contribution in [1.82, 2.24) is 4.42 Å². The molecule has 1 fully saturated rings. The van der Waals surface area contributed by atoms with Gasteiger partial charge in [-0.1, -0.05) is 12.5 Å². The Hall–Kier alpha value is -0.0100. The summed E-state index contributed by atoms with van der Waals surface area (Å²) >= 11 is 6.02. The van der Waals surface area contributed by atoms with Gasteiger partial charge >= 0.3 is 0 Å². The lowest BCUT2D eigenvalue weighted by molar-refractivity contribution is 0.252. The topological polar surface area (TPSA) is 3.24 Å². The smallest absolute Gasteiger partial charge is 0.0254 e. The van der Waals surface area contributed by atoms with Crippen molar-refractivity contribution in [3.05, 3.63) is 12.7 Å². The highest BCUT2D eigenvalue weighted by molar-refractivity contribution is 6.13. The third kappa shape index (κ3) is 2.84. The van der Waals surface area contributed by atoms with E-state index in [9.17, 15) is 0 Å². The molecule has 11 heavy (non-hydrogen) atoms. The van der Waals surface area contributed by atoms with Crippen LogP contribution in [-0.2, 0) is 0 Å². The highest BCUT2D eigenvalue weighted by atomic mass is 35.5. The van der Waals surface area contributed by atoms with E-state index in [0.717, 1.165) is 13.0 Å². The van der Waals surface area contributed by atoms with Crippen LogP contribution in [0.15, 0.2) is 12.7 Å². The summed E-state index contributed by atoms with van der Waals surface area (Å²) in [6.45, 7) is 4.77. The van der Waals surface area contributed by atoms with Crippen molar-refractivity contribution in [2.75, 3.05) is 6.54 Å². The van der Waals surface area contributed by atoms with Crippen molar-refractivity contribution in [1.29, 1.82) is 0 Å². The SMILES string of the molecule is C=CCCC1CCCCN1Cl. The second-order valence-corrected chi connectivity index (χ2v) is 3.57. The zero-order chi connectivity index (χ0) is 8.10. The zero-order valence-corrected chi connectivity index (χ0v) is 7.69. The lowest BCUT2D eigenvalue weighted by Crippen LogP contribution is -2.31. The summed E-state index contributed by atoms with van der Waals surface area (Å²) in [5.74, 6) is 0. The molecule has 1 atom stereocenters. The molecule has 1 rings (SSSR count). The van der Waals surface area contributed by atoms with E-state index in [4.69, 9.17) is 11.8 Å². The predicted octanol–water partition coefficient (Wildman–Crippen LogP) is 2.96. The Morgan fingerprint density at radius 3 is 3.00 bits per heavy atom. The number of allylic oxidation sites excluding steroid dienone is 1. The van der Waals surface area contributed by atoms with Crippen LogP contribution in [0.1, 0.15) is 32.1 Å². The van der Waals surface area contributed by atoms with Crippen molar-refractivity contribution in [3.8, 4) is 0 Å². The molecule has 1 unspecified atom stereocenters. The quantitative estimate of drug-likeness (QED) is 0.469. The fourth-order valence-corrected chi connectivity index (χ4v) is 1.87. The summed E-state index contributed by atoms with van der Waals surface area (Å²) < 4.78 is 1.97. The molecule has 0 aromatic rings. The molecular weight excluding hydrogens is 158 g/mol. The first-order chi connectivity index (χ1) is 5.34. The number of hydrogen-bond donors (Lipinski definition) is 0. The van der Waals surface area contributed by atoms with Gasteiger partial charge in [0, 0.05) is 12.6 Å². The predicted molar refractivity (Wildman–Crippen MR) is 49.6 cm³/mol. The van der Waals surface area contributed by atoms with Crippen molar-refractivity contribution >= 4 is 11.8 Å². The summed E-state index contributed by atoms with van der Waals surface area (Å²) in [4.78, 5) is 0. The van der Waals surface area contributed by atoms with Crippen LogP contribution < -0.4 is 0 Å². The van der Waals surface area contributed by atoms with Crippen LogP contribution in [0, 0.1) is 0 Å². The molecule has 64 valence electrons. The third-order valence-electron chi connectivity index (χ3n) is 2.26. The Morgan fingerprint density at radius 2 is 2.36 bits per heavy atom. The van der Waals surface area contributed by atoms with Crippen LogP contribution in [0.3, 0.4) is 0 Å². The van der Waals surface area contributed by atoms with Crippen molar-refractivity contribution in [2.24, 2.45) is 0 Å². The van der Waals surface area contributed by atoms with Crippen molar-refractivity contribution in [2.45, 2.75) is 38.1 Å². The molecule has 0 N–H and O–H groups in total. The van der Waals surface area contributed by atoms with Crippen molar-refractivity contribution in [3.63, 3.8) is 0 Å². The molecule has 0 saturated carbocycles. The van der Waals surface area contributed by atoms with E-state index in [1.165, 1.54) is 25.7 Å². The van der Waals surface area contributed by atoms with Gasteiger partial charge in [-0.25, -0.2) is 4.42 Å². The van der Waals surface area contributed by atoms with Crippen LogP contribution in [0.5, 0.6) is 0 Å². The largest absolute Gasteiger partial charge is 0.217 e. The number of halogens is 1. The van der Waals surface area contributed by atoms with Gasteiger partial charge in [-0.05, 0) is 37.5 Å². The van der Waals surface area contributed by atoms with E-state index in [1.807, 2.05) is 10.5 Å². The summed E-state index contributed by atoms with van der Waals surface area (Å²) in [6, 6.07) is 0.600. The van der Waals surface area contributed by atoms with E-state index in [2.05, 4.69) is 6.58 Å². The van der Waals surface area contributed by atoms with Gasteiger partial charge in [0.2, 0.25) is 0 Å². The second kappa shape index (κ2) is 4.78. The molecule has 1 aliphatic heterocycles. The summed E-state index contributed by atoms with van der Waals surface area (Å²) in [5.41, 5.74) is 0. The standard InChI is InChI=1S/C9H16ClN/c1-2-3-6-9-7-4-5-8-11(9)10/h2,9H,1,3-8H2. The molecule has 0 aromatic heterocycles. The Balaban J connectivity index is 2.23. The van der Waals surface area contributed by atoms with Gasteiger partial charge in [0.05, 0.1) is 0 Å². The lowest BCUT2D eigenvalue weighted by Gasteiger charge is -2.29. The molecule has 1 nitrogen and oxygen atoms in total. The Bertz CT molecular complexity index is 125. The fraction of sp³-hybridized carbons (Fsp3) is 0.778. The highest BCUT2D eigenvalue weighted by Gasteiger charge is 2.19. The maximum absolute atomic E-state index is 6.02. The first-order valence-corrected chi connectivity index (χ1v) is 4.71. The van der Waals surface area contributed by atoms with Crippen LogP contribution in [0.4, 0.5) is 0 Å². The molecule has 2 heteroatoms. The number of rotatable bonds is 3. The minimum atomic E-state index is 0.600. The number of nitrogens with zero attached hydrogens (tertiary/aromatic N) is 1. The fourth-order valence-electron chi connectivity index (χ4n) is 1.56. The molecule has 0 aromatic carbocycles. The highest BCUT2D eigenvalue weighted by Crippen LogP contribution is 2.22. The Kier molecular flexibility index (Phi) is 3.95. The molecule has 0 spiro atoms. The molecule has 0 aliphatic carbocycles. The normalized spacial score (nSPS) is 26.8. The van der Waals surface area contributed by atoms with E-state index in [0.29, 0.717) is 6.04 Å². The zero-order valence-electron chi connectivity index (χ0n) is 6.93. The first-order valence-electron chi connectivity index (χ1n) is 4.38. The number of hydrogen-bond acceptors (Lipinski definition) is 1. The molecule has 1 saturated heterocycles. The van der Waals surface area contributed by atoms with Crippen molar-refractivity contribution < 1.29 is 0 Å². The molecule has 0 radical (unpaired) electrons. The summed E-state index contributed by atoms with van der Waals surface area (Å²) in [5, 5.41) is 0. The summed E-state index contributed by atoms with van der Waals surface area (Å²) in [6.07, 6.45) is 8.09. The van der Waals surface area contributed by atoms with E-state index in [1.54, 1.807) is 0 Å². The molecule has 1 heterocycles. The Labute approximate surface area is 74.1 Å². The molecular formula is C9H16ClN.